The summed E-state index contributed by atoms with van der Waals surface area (Å²) in [5.74, 6) is 2.51. The molecule has 1 aliphatic rings. The van der Waals surface area contributed by atoms with Crippen LogP contribution >= 0.6 is 11.8 Å². The van der Waals surface area contributed by atoms with E-state index in [1.54, 1.807) is 0 Å². The number of amides is 1. The molecule has 4 heteroatoms. The van der Waals surface area contributed by atoms with Crippen molar-refractivity contribution in [3.63, 3.8) is 0 Å². The Morgan fingerprint density at radius 1 is 1.64 bits per heavy atom. The molecule has 14 heavy (non-hydrogen) atoms. The third-order valence-corrected chi connectivity index (χ3v) is 3.65. The van der Waals surface area contributed by atoms with Crippen molar-refractivity contribution in [2.24, 2.45) is 0 Å². The predicted octanol–water partition coefficient (Wildman–Crippen LogP) is 0.948. The molecule has 1 saturated heterocycles. The van der Waals surface area contributed by atoms with Gasteiger partial charge in [-0.3, -0.25) is 4.79 Å². The highest BCUT2D eigenvalue weighted by atomic mass is 32.2. The van der Waals surface area contributed by atoms with Gasteiger partial charge < -0.3 is 10.2 Å². The van der Waals surface area contributed by atoms with Crippen molar-refractivity contribution in [2.75, 3.05) is 25.1 Å². The van der Waals surface area contributed by atoms with E-state index >= 15 is 0 Å². The minimum absolute atomic E-state index is 0.214. The van der Waals surface area contributed by atoms with Crippen LogP contribution in [-0.4, -0.2) is 48.0 Å². The quantitative estimate of drug-likeness (QED) is 0.759. The summed E-state index contributed by atoms with van der Waals surface area (Å²) < 4.78 is 0. The van der Waals surface area contributed by atoms with Crippen molar-refractivity contribution in [3.05, 3.63) is 0 Å². The Labute approximate surface area is 90.6 Å². The van der Waals surface area contributed by atoms with Crippen LogP contribution in [0, 0.1) is 0 Å². The Bertz CT molecular complexity index is 191. The molecule has 1 aliphatic heterocycles. The Kier molecular flexibility index (Phi) is 4.75. The number of nitrogens with one attached hydrogen (secondary N) is 1. The summed E-state index contributed by atoms with van der Waals surface area (Å²) >= 11 is 1.94. The van der Waals surface area contributed by atoms with Gasteiger partial charge in [-0.15, -0.1) is 0 Å². The number of carbonyl (C=O) groups is 1. The highest BCUT2D eigenvalue weighted by Gasteiger charge is 2.23. The Balaban J connectivity index is 2.28. The number of nitrogens with zero attached hydrogens (tertiary/aromatic N) is 1. The van der Waals surface area contributed by atoms with Crippen LogP contribution in [0.3, 0.4) is 0 Å². The fourth-order valence-electron chi connectivity index (χ4n) is 1.45. The smallest absolute Gasteiger partial charge is 0.236 e. The van der Waals surface area contributed by atoms with Gasteiger partial charge in [0, 0.05) is 24.9 Å². The highest BCUT2D eigenvalue weighted by Crippen LogP contribution is 2.21. The molecule has 0 aliphatic carbocycles. The molecule has 0 aromatic heterocycles. The largest absolute Gasteiger partial charge is 0.341 e. The first-order valence-corrected chi connectivity index (χ1v) is 6.33. The molecule has 1 rings (SSSR count). The Morgan fingerprint density at radius 3 is 2.86 bits per heavy atom. The molecular formula is C10H20N2OS. The molecule has 82 valence electrons. The summed E-state index contributed by atoms with van der Waals surface area (Å²) in [6.45, 7) is 4.58. The van der Waals surface area contributed by atoms with Crippen molar-refractivity contribution in [3.8, 4) is 0 Å². The maximum atomic E-state index is 11.7. The second-order valence-electron chi connectivity index (χ2n) is 4.06. The van der Waals surface area contributed by atoms with Crippen LogP contribution in [-0.2, 0) is 4.79 Å². The second kappa shape index (κ2) is 5.61. The van der Waals surface area contributed by atoms with Crippen molar-refractivity contribution in [1.29, 1.82) is 0 Å². The molecule has 0 radical (unpaired) electrons. The van der Waals surface area contributed by atoms with Crippen molar-refractivity contribution in [2.45, 2.75) is 32.4 Å². The normalized spacial score (nSPS) is 21.6. The standard InChI is InChI=1S/C10H20N2OS/c1-8(2)11-6-10(13)12(3)9-4-5-14-7-9/h8-9,11H,4-7H2,1-3H3. The monoisotopic (exact) mass is 216 g/mol. The molecule has 0 aromatic carbocycles. The lowest BCUT2D eigenvalue weighted by Gasteiger charge is -2.24. The minimum Gasteiger partial charge on any atom is -0.341 e. The van der Waals surface area contributed by atoms with Gasteiger partial charge >= 0.3 is 0 Å². The van der Waals surface area contributed by atoms with Gasteiger partial charge in [0.2, 0.25) is 5.91 Å². The maximum Gasteiger partial charge on any atom is 0.236 e. The minimum atomic E-state index is 0.214. The molecule has 0 bridgehead atoms. The van der Waals surface area contributed by atoms with Crippen LogP contribution in [0.4, 0.5) is 0 Å². The van der Waals surface area contributed by atoms with E-state index in [2.05, 4.69) is 19.2 Å². The lowest BCUT2D eigenvalue weighted by atomic mass is 10.2. The number of rotatable bonds is 4. The number of likely N-dealkylation sites (N-methyl/N-ethyl adjacent to an activating group) is 1. The molecular weight excluding hydrogens is 196 g/mol. The van der Waals surface area contributed by atoms with Crippen molar-refractivity contribution < 1.29 is 4.79 Å². The molecule has 0 saturated carbocycles. The fourth-order valence-corrected chi connectivity index (χ4v) is 2.72. The van der Waals surface area contributed by atoms with E-state index in [0.29, 0.717) is 18.6 Å². The third kappa shape index (κ3) is 3.50. The Morgan fingerprint density at radius 2 is 2.36 bits per heavy atom. The van der Waals surface area contributed by atoms with Gasteiger partial charge in [0.1, 0.15) is 0 Å². The zero-order valence-corrected chi connectivity index (χ0v) is 10.1. The number of carbonyl (C=O) groups excluding carboxylic acids is 1. The van der Waals surface area contributed by atoms with Crippen LogP contribution in [0.2, 0.25) is 0 Å². The van der Waals surface area contributed by atoms with Crippen molar-refractivity contribution >= 4 is 17.7 Å². The molecule has 1 N–H and O–H groups in total. The summed E-state index contributed by atoms with van der Waals surface area (Å²) in [6.07, 6.45) is 1.15. The predicted molar refractivity (Wildman–Crippen MR) is 61.6 cm³/mol. The van der Waals surface area contributed by atoms with Crippen molar-refractivity contribution in [1.82, 2.24) is 10.2 Å². The first kappa shape index (κ1) is 11.9. The summed E-state index contributed by atoms with van der Waals surface area (Å²) in [7, 11) is 1.92. The average molecular weight is 216 g/mol. The lowest BCUT2D eigenvalue weighted by Crippen LogP contribution is -2.43. The van der Waals surface area contributed by atoms with Gasteiger partial charge in [-0.1, -0.05) is 13.8 Å². The van der Waals surface area contributed by atoms with Gasteiger partial charge in [-0.25, -0.2) is 0 Å². The summed E-state index contributed by atoms with van der Waals surface area (Å²) in [4.78, 5) is 13.6. The van der Waals surface area contributed by atoms with E-state index in [0.717, 1.165) is 12.2 Å². The second-order valence-corrected chi connectivity index (χ2v) is 5.21. The third-order valence-electron chi connectivity index (χ3n) is 2.51. The zero-order valence-electron chi connectivity index (χ0n) is 9.25. The average Bonchev–Trinajstić information content (AvgIpc) is 2.65. The van der Waals surface area contributed by atoms with E-state index < -0.39 is 0 Å². The maximum absolute atomic E-state index is 11.7. The molecule has 0 spiro atoms. The van der Waals surface area contributed by atoms with Gasteiger partial charge in [0.15, 0.2) is 0 Å². The molecule has 1 amide bonds. The van der Waals surface area contributed by atoms with Crippen LogP contribution in [0.15, 0.2) is 0 Å². The van der Waals surface area contributed by atoms with E-state index in [-0.39, 0.29) is 5.91 Å². The molecule has 1 atom stereocenters. The Hall–Kier alpha value is -0.220. The van der Waals surface area contributed by atoms with Gasteiger partial charge in [-0.05, 0) is 12.2 Å². The summed E-state index contributed by atoms with van der Waals surface area (Å²) in [6, 6.07) is 0.840. The molecule has 1 fully saturated rings. The van der Waals surface area contributed by atoms with E-state index in [4.69, 9.17) is 0 Å². The lowest BCUT2D eigenvalue weighted by molar-refractivity contribution is -0.130. The molecule has 1 heterocycles. The summed E-state index contributed by atoms with van der Waals surface area (Å²) in [5, 5.41) is 3.15. The molecule has 1 unspecified atom stereocenters. The van der Waals surface area contributed by atoms with Crippen LogP contribution in [0.1, 0.15) is 20.3 Å². The SMILES string of the molecule is CC(C)NCC(=O)N(C)C1CCSC1. The zero-order chi connectivity index (χ0) is 10.6. The van der Waals surface area contributed by atoms with Gasteiger partial charge in [-0.2, -0.15) is 11.8 Å². The number of hydrogen-bond acceptors (Lipinski definition) is 3. The first-order valence-electron chi connectivity index (χ1n) is 5.18. The molecule has 3 nitrogen and oxygen atoms in total. The van der Waals surface area contributed by atoms with E-state index in [1.165, 1.54) is 5.75 Å². The van der Waals surface area contributed by atoms with Crippen LogP contribution in [0.25, 0.3) is 0 Å². The van der Waals surface area contributed by atoms with Crippen LogP contribution < -0.4 is 5.32 Å². The van der Waals surface area contributed by atoms with E-state index in [9.17, 15) is 4.79 Å². The summed E-state index contributed by atoms with van der Waals surface area (Å²) in [5.41, 5.74) is 0. The topological polar surface area (TPSA) is 32.3 Å². The number of thioether (sulfide) groups is 1. The fraction of sp³-hybridized carbons (Fsp3) is 0.900. The van der Waals surface area contributed by atoms with E-state index in [1.807, 2.05) is 23.7 Å². The van der Waals surface area contributed by atoms with Crippen LogP contribution in [0.5, 0.6) is 0 Å². The highest BCUT2D eigenvalue weighted by molar-refractivity contribution is 7.99. The van der Waals surface area contributed by atoms with Gasteiger partial charge in [0.05, 0.1) is 6.54 Å². The van der Waals surface area contributed by atoms with Gasteiger partial charge in [0.25, 0.3) is 0 Å². The first-order chi connectivity index (χ1) is 6.61. The number of hydrogen-bond donors (Lipinski definition) is 1. The molecule has 0 aromatic rings.